The van der Waals surface area contributed by atoms with E-state index in [1.807, 2.05) is 0 Å². The van der Waals surface area contributed by atoms with Gasteiger partial charge in [0.1, 0.15) is 5.75 Å². The van der Waals surface area contributed by atoms with Crippen molar-refractivity contribution >= 4 is 0 Å². The molecule has 114 valence electrons. The van der Waals surface area contributed by atoms with Crippen LogP contribution < -0.4 is 10.1 Å². The van der Waals surface area contributed by atoms with Gasteiger partial charge in [-0.25, -0.2) is 0 Å². The van der Waals surface area contributed by atoms with E-state index in [1.54, 1.807) is 7.11 Å². The average molecular weight is 277 g/mol. The number of methoxy groups -OCH3 is 1. The lowest BCUT2D eigenvalue weighted by Gasteiger charge is -2.22. The standard InChI is InChI=1S/C18H31NO/c1-5-15(6-2)12-17(14-19-7-3)13-16-8-10-18(20-4)11-9-16/h8-11,15,17,19H,5-7,12-14H2,1-4H3. The number of ether oxygens (including phenoxy) is 1. The van der Waals surface area contributed by atoms with Crippen molar-refractivity contribution in [2.75, 3.05) is 20.2 Å². The predicted octanol–water partition coefficient (Wildman–Crippen LogP) is 4.29. The lowest BCUT2D eigenvalue weighted by molar-refractivity contribution is 0.340. The highest BCUT2D eigenvalue weighted by molar-refractivity contribution is 5.27. The van der Waals surface area contributed by atoms with Crippen molar-refractivity contribution in [3.63, 3.8) is 0 Å². The highest BCUT2D eigenvalue weighted by Crippen LogP contribution is 2.23. The minimum Gasteiger partial charge on any atom is -0.497 e. The lowest BCUT2D eigenvalue weighted by Crippen LogP contribution is -2.26. The Morgan fingerprint density at radius 1 is 1.00 bits per heavy atom. The molecule has 1 unspecified atom stereocenters. The van der Waals surface area contributed by atoms with Crippen LogP contribution in [0.3, 0.4) is 0 Å². The third-order valence-electron chi connectivity index (χ3n) is 4.19. The maximum absolute atomic E-state index is 5.23. The molecule has 1 aromatic rings. The molecule has 1 atom stereocenters. The van der Waals surface area contributed by atoms with Gasteiger partial charge in [-0.15, -0.1) is 0 Å². The molecular weight excluding hydrogens is 246 g/mol. The van der Waals surface area contributed by atoms with Crippen molar-refractivity contribution in [1.29, 1.82) is 0 Å². The summed E-state index contributed by atoms with van der Waals surface area (Å²) < 4.78 is 5.23. The predicted molar refractivity (Wildman–Crippen MR) is 87.4 cm³/mol. The number of nitrogens with one attached hydrogen (secondary N) is 1. The molecule has 1 rings (SSSR count). The molecule has 0 bridgehead atoms. The quantitative estimate of drug-likeness (QED) is 0.689. The Morgan fingerprint density at radius 2 is 1.65 bits per heavy atom. The van der Waals surface area contributed by atoms with E-state index in [0.29, 0.717) is 0 Å². The van der Waals surface area contributed by atoms with Crippen LogP contribution in [0.15, 0.2) is 24.3 Å². The van der Waals surface area contributed by atoms with Crippen molar-refractivity contribution < 1.29 is 4.74 Å². The fourth-order valence-electron chi connectivity index (χ4n) is 2.78. The summed E-state index contributed by atoms with van der Waals surface area (Å²) >= 11 is 0. The molecule has 0 saturated heterocycles. The van der Waals surface area contributed by atoms with Crippen LogP contribution in [0.5, 0.6) is 5.75 Å². The molecule has 0 radical (unpaired) electrons. The molecule has 0 spiro atoms. The zero-order valence-electron chi connectivity index (χ0n) is 13.6. The smallest absolute Gasteiger partial charge is 0.118 e. The minimum atomic E-state index is 0.730. The second-order valence-corrected chi connectivity index (χ2v) is 5.64. The molecule has 1 aromatic carbocycles. The van der Waals surface area contributed by atoms with E-state index in [9.17, 15) is 0 Å². The van der Waals surface area contributed by atoms with Crippen LogP contribution in [-0.4, -0.2) is 20.2 Å². The SMILES string of the molecule is CCNCC(Cc1ccc(OC)cc1)CC(CC)CC. The summed E-state index contributed by atoms with van der Waals surface area (Å²) in [5.41, 5.74) is 1.42. The first-order valence-corrected chi connectivity index (χ1v) is 8.07. The highest BCUT2D eigenvalue weighted by atomic mass is 16.5. The van der Waals surface area contributed by atoms with Crippen LogP contribution in [0, 0.1) is 11.8 Å². The molecule has 2 heteroatoms. The van der Waals surface area contributed by atoms with Gasteiger partial charge < -0.3 is 10.1 Å². The molecule has 0 fully saturated rings. The molecule has 1 N–H and O–H groups in total. The Kier molecular flexibility index (Phi) is 8.36. The van der Waals surface area contributed by atoms with E-state index in [0.717, 1.165) is 37.1 Å². The third-order valence-corrected chi connectivity index (χ3v) is 4.19. The summed E-state index contributed by atoms with van der Waals surface area (Å²) in [4.78, 5) is 0. The highest BCUT2D eigenvalue weighted by Gasteiger charge is 2.14. The number of hydrogen-bond acceptors (Lipinski definition) is 2. The largest absolute Gasteiger partial charge is 0.497 e. The van der Waals surface area contributed by atoms with Crippen molar-refractivity contribution in [3.05, 3.63) is 29.8 Å². The first-order valence-electron chi connectivity index (χ1n) is 8.07. The Balaban J connectivity index is 2.61. The van der Waals surface area contributed by atoms with Gasteiger partial charge in [-0.3, -0.25) is 0 Å². The number of benzene rings is 1. The van der Waals surface area contributed by atoms with Gasteiger partial charge in [-0.1, -0.05) is 45.7 Å². The average Bonchev–Trinajstić information content (AvgIpc) is 2.50. The van der Waals surface area contributed by atoms with Gasteiger partial charge in [0.05, 0.1) is 7.11 Å². The van der Waals surface area contributed by atoms with E-state index >= 15 is 0 Å². The Labute approximate surface area is 124 Å². The van der Waals surface area contributed by atoms with Gasteiger partial charge in [-0.05, 0) is 55.5 Å². The maximum atomic E-state index is 5.23. The monoisotopic (exact) mass is 277 g/mol. The van der Waals surface area contributed by atoms with Crippen LogP contribution in [0.1, 0.15) is 45.6 Å². The van der Waals surface area contributed by atoms with E-state index in [4.69, 9.17) is 4.74 Å². The van der Waals surface area contributed by atoms with Crippen molar-refractivity contribution in [2.24, 2.45) is 11.8 Å². The molecule has 0 amide bonds. The van der Waals surface area contributed by atoms with Crippen molar-refractivity contribution in [3.8, 4) is 5.75 Å². The van der Waals surface area contributed by atoms with Gasteiger partial charge in [-0.2, -0.15) is 0 Å². The van der Waals surface area contributed by atoms with E-state index in [2.05, 4.69) is 50.4 Å². The Hall–Kier alpha value is -1.02. The fraction of sp³-hybridized carbons (Fsp3) is 0.667. The first-order chi connectivity index (χ1) is 9.73. The normalized spacial score (nSPS) is 12.7. The van der Waals surface area contributed by atoms with E-state index in [1.165, 1.54) is 24.8 Å². The lowest BCUT2D eigenvalue weighted by atomic mass is 9.86. The van der Waals surface area contributed by atoms with Gasteiger partial charge in [0.2, 0.25) is 0 Å². The first kappa shape index (κ1) is 17.0. The number of hydrogen-bond donors (Lipinski definition) is 1. The molecule has 0 aliphatic carbocycles. The minimum absolute atomic E-state index is 0.730. The molecule has 2 nitrogen and oxygen atoms in total. The molecule has 0 aromatic heterocycles. The van der Waals surface area contributed by atoms with Crippen molar-refractivity contribution in [1.82, 2.24) is 5.32 Å². The van der Waals surface area contributed by atoms with Gasteiger partial charge in [0.25, 0.3) is 0 Å². The Morgan fingerprint density at radius 3 is 2.15 bits per heavy atom. The van der Waals surface area contributed by atoms with Crippen LogP contribution in [0.2, 0.25) is 0 Å². The summed E-state index contributed by atoms with van der Waals surface area (Å²) in [5.74, 6) is 2.53. The second-order valence-electron chi connectivity index (χ2n) is 5.64. The molecule has 0 aliphatic rings. The zero-order valence-corrected chi connectivity index (χ0v) is 13.6. The van der Waals surface area contributed by atoms with E-state index < -0.39 is 0 Å². The van der Waals surface area contributed by atoms with Gasteiger partial charge in [0.15, 0.2) is 0 Å². The summed E-state index contributed by atoms with van der Waals surface area (Å²) in [7, 11) is 1.72. The summed E-state index contributed by atoms with van der Waals surface area (Å²) in [6, 6.07) is 8.53. The zero-order chi connectivity index (χ0) is 14.8. The molecule has 0 saturated carbocycles. The van der Waals surface area contributed by atoms with Crippen LogP contribution in [0.25, 0.3) is 0 Å². The maximum Gasteiger partial charge on any atom is 0.118 e. The van der Waals surface area contributed by atoms with Crippen LogP contribution in [-0.2, 0) is 6.42 Å². The molecule has 0 heterocycles. The van der Waals surface area contributed by atoms with E-state index in [-0.39, 0.29) is 0 Å². The third kappa shape index (κ3) is 5.96. The molecule has 0 aliphatic heterocycles. The topological polar surface area (TPSA) is 21.3 Å². The summed E-state index contributed by atoms with van der Waals surface area (Å²) in [5, 5.41) is 3.52. The number of rotatable bonds is 10. The Bertz CT molecular complexity index is 343. The summed E-state index contributed by atoms with van der Waals surface area (Å²) in [6.45, 7) is 8.99. The van der Waals surface area contributed by atoms with Crippen molar-refractivity contribution in [2.45, 2.75) is 46.5 Å². The van der Waals surface area contributed by atoms with Gasteiger partial charge in [0, 0.05) is 0 Å². The van der Waals surface area contributed by atoms with Gasteiger partial charge >= 0.3 is 0 Å². The summed E-state index contributed by atoms with van der Waals surface area (Å²) in [6.07, 6.45) is 5.07. The second kappa shape index (κ2) is 9.82. The van der Waals surface area contributed by atoms with Crippen LogP contribution in [0.4, 0.5) is 0 Å². The van der Waals surface area contributed by atoms with Crippen LogP contribution >= 0.6 is 0 Å². The molecule has 20 heavy (non-hydrogen) atoms. The fourth-order valence-corrected chi connectivity index (χ4v) is 2.78. The molecular formula is C18H31NO.